The van der Waals surface area contributed by atoms with Crippen molar-refractivity contribution in [1.29, 1.82) is 0 Å². The molecule has 3 aromatic rings. The van der Waals surface area contributed by atoms with Crippen molar-refractivity contribution in [2.75, 3.05) is 6.61 Å². The van der Waals surface area contributed by atoms with Gasteiger partial charge < -0.3 is 9.26 Å². The molecular formula is C19H17FN2O2. The fourth-order valence-corrected chi connectivity index (χ4v) is 2.93. The second kappa shape index (κ2) is 6.53. The summed E-state index contributed by atoms with van der Waals surface area (Å²) in [7, 11) is 0. The third-order valence-corrected chi connectivity index (χ3v) is 4.20. The van der Waals surface area contributed by atoms with E-state index in [1.54, 1.807) is 6.07 Å². The Labute approximate surface area is 139 Å². The summed E-state index contributed by atoms with van der Waals surface area (Å²) in [6.07, 6.45) is 2.98. The molecule has 4 nitrogen and oxygen atoms in total. The monoisotopic (exact) mass is 324 g/mol. The van der Waals surface area contributed by atoms with E-state index >= 15 is 0 Å². The van der Waals surface area contributed by atoms with Crippen LogP contribution in [0.5, 0.6) is 0 Å². The van der Waals surface area contributed by atoms with Crippen molar-refractivity contribution >= 4 is 0 Å². The van der Waals surface area contributed by atoms with E-state index in [0.717, 1.165) is 36.1 Å². The topological polar surface area (TPSA) is 48.2 Å². The first kappa shape index (κ1) is 15.0. The fraction of sp³-hybridized carbons (Fsp3) is 0.263. The van der Waals surface area contributed by atoms with E-state index in [2.05, 4.69) is 10.1 Å². The molecule has 122 valence electrons. The number of rotatable bonds is 4. The van der Waals surface area contributed by atoms with Crippen LogP contribution in [0.15, 0.2) is 53.1 Å². The molecule has 1 saturated heterocycles. The second-order valence-electron chi connectivity index (χ2n) is 5.94. The maximum atomic E-state index is 13.3. The first-order chi connectivity index (χ1) is 11.8. The first-order valence-corrected chi connectivity index (χ1v) is 8.08. The van der Waals surface area contributed by atoms with Crippen molar-refractivity contribution in [3.05, 3.63) is 60.2 Å². The van der Waals surface area contributed by atoms with E-state index in [0.29, 0.717) is 18.1 Å². The molecular weight excluding hydrogens is 307 g/mol. The smallest absolute Gasteiger partial charge is 0.229 e. The van der Waals surface area contributed by atoms with Gasteiger partial charge in [0, 0.05) is 12.2 Å². The molecule has 0 N–H and O–H groups in total. The van der Waals surface area contributed by atoms with Crippen LogP contribution in [0.25, 0.3) is 22.5 Å². The summed E-state index contributed by atoms with van der Waals surface area (Å²) < 4.78 is 24.2. The van der Waals surface area contributed by atoms with Crippen LogP contribution in [0.3, 0.4) is 0 Å². The van der Waals surface area contributed by atoms with E-state index in [1.807, 2.05) is 30.3 Å². The van der Waals surface area contributed by atoms with Crippen LogP contribution in [0.2, 0.25) is 0 Å². The number of benzene rings is 2. The lowest BCUT2D eigenvalue weighted by atomic mass is 10.0. The van der Waals surface area contributed by atoms with E-state index in [9.17, 15) is 4.39 Å². The highest BCUT2D eigenvalue weighted by atomic mass is 19.1. The molecule has 1 aliphatic heterocycles. The van der Waals surface area contributed by atoms with Crippen LogP contribution in [0.1, 0.15) is 18.7 Å². The summed E-state index contributed by atoms with van der Waals surface area (Å²) in [5.41, 5.74) is 2.66. The Balaban J connectivity index is 1.51. The molecule has 0 aliphatic carbocycles. The van der Waals surface area contributed by atoms with Crippen LogP contribution in [-0.2, 0) is 11.2 Å². The summed E-state index contributed by atoms with van der Waals surface area (Å²) in [5.74, 6) is 0.924. The van der Waals surface area contributed by atoms with Gasteiger partial charge in [-0.2, -0.15) is 4.98 Å². The molecule has 0 saturated carbocycles. The SMILES string of the molecule is Fc1cccc(-c2ccc(-c3noc(CC4CCCO4)n3)cc2)c1. The average molecular weight is 324 g/mol. The van der Waals surface area contributed by atoms with Gasteiger partial charge in [-0.25, -0.2) is 4.39 Å². The Kier molecular flexibility index (Phi) is 4.09. The number of halogens is 1. The Morgan fingerprint density at radius 2 is 1.88 bits per heavy atom. The Morgan fingerprint density at radius 3 is 2.62 bits per heavy atom. The Hall–Kier alpha value is -2.53. The van der Waals surface area contributed by atoms with Crippen molar-refractivity contribution in [2.45, 2.75) is 25.4 Å². The number of ether oxygens (including phenoxy) is 1. The zero-order valence-electron chi connectivity index (χ0n) is 13.1. The van der Waals surface area contributed by atoms with Crippen LogP contribution in [0.4, 0.5) is 4.39 Å². The van der Waals surface area contributed by atoms with E-state index in [-0.39, 0.29) is 11.9 Å². The summed E-state index contributed by atoms with van der Waals surface area (Å²) in [6, 6.07) is 14.2. The zero-order valence-corrected chi connectivity index (χ0v) is 13.1. The van der Waals surface area contributed by atoms with Gasteiger partial charge in [-0.05, 0) is 36.1 Å². The molecule has 24 heavy (non-hydrogen) atoms. The van der Waals surface area contributed by atoms with Gasteiger partial charge in [-0.15, -0.1) is 0 Å². The molecule has 5 heteroatoms. The third-order valence-electron chi connectivity index (χ3n) is 4.20. The molecule has 1 atom stereocenters. The molecule has 1 unspecified atom stereocenters. The van der Waals surface area contributed by atoms with Crippen LogP contribution in [-0.4, -0.2) is 22.9 Å². The van der Waals surface area contributed by atoms with E-state index < -0.39 is 0 Å². The number of aromatic nitrogens is 2. The van der Waals surface area contributed by atoms with Crippen molar-refractivity contribution < 1.29 is 13.7 Å². The van der Waals surface area contributed by atoms with Crippen molar-refractivity contribution in [3.63, 3.8) is 0 Å². The van der Waals surface area contributed by atoms with Gasteiger partial charge in [0.05, 0.1) is 12.5 Å². The highest BCUT2D eigenvalue weighted by Crippen LogP contribution is 2.24. The minimum Gasteiger partial charge on any atom is -0.378 e. The van der Waals surface area contributed by atoms with Gasteiger partial charge >= 0.3 is 0 Å². The standard InChI is InChI=1S/C19H17FN2O2/c20-16-4-1-3-15(11-16)13-6-8-14(9-7-13)19-21-18(24-22-19)12-17-5-2-10-23-17/h1,3-4,6-9,11,17H,2,5,10,12H2. The molecule has 0 radical (unpaired) electrons. The summed E-state index contributed by atoms with van der Waals surface area (Å²) in [6.45, 7) is 0.813. The Bertz CT molecular complexity index is 823. The lowest BCUT2D eigenvalue weighted by Crippen LogP contribution is -2.08. The minimum atomic E-state index is -0.242. The normalized spacial score (nSPS) is 17.3. The molecule has 2 aromatic carbocycles. The predicted molar refractivity (Wildman–Crippen MR) is 87.8 cm³/mol. The lowest BCUT2D eigenvalue weighted by Gasteiger charge is -2.04. The van der Waals surface area contributed by atoms with Crippen LogP contribution in [0, 0.1) is 5.82 Å². The highest BCUT2D eigenvalue weighted by Gasteiger charge is 2.19. The first-order valence-electron chi connectivity index (χ1n) is 8.08. The molecule has 0 spiro atoms. The molecule has 2 heterocycles. The largest absolute Gasteiger partial charge is 0.378 e. The van der Waals surface area contributed by atoms with Crippen LogP contribution >= 0.6 is 0 Å². The van der Waals surface area contributed by atoms with Gasteiger partial charge in [0.25, 0.3) is 0 Å². The highest BCUT2D eigenvalue weighted by molar-refractivity contribution is 5.67. The van der Waals surface area contributed by atoms with Crippen molar-refractivity contribution in [1.82, 2.24) is 10.1 Å². The maximum absolute atomic E-state index is 13.3. The summed E-state index contributed by atoms with van der Waals surface area (Å²) in [4.78, 5) is 4.44. The van der Waals surface area contributed by atoms with E-state index in [4.69, 9.17) is 9.26 Å². The third kappa shape index (κ3) is 3.21. The molecule has 1 aromatic heterocycles. The summed E-state index contributed by atoms with van der Waals surface area (Å²) in [5, 5.41) is 4.04. The number of hydrogen-bond donors (Lipinski definition) is 0. The molecule has 0 bridgehead atoms. The van der Waals surface area contributed by atoms with Crippen molar-refractivity contribution in [3.8, 4) is 22.5 Å². The quantitative estimate of drug-likeness (QED) is 0.719. The van der Waals surface area contributed by atoms with Gasteiger partial charge in [-0.1, -0.05) is 41.6 Å². The minimum absolute atomic E-state index is 0.189. The van der Waals surface area contributed by atoms with E-state index in [1.165, 1.54) is 12.1 Å². The molecule has 0 amide bonds. The molecule has 1 fully saturated rings. The molecule has 1 aliphatic rings. The second-order valence-corrected chi connectivity index (χ2v) is 5.94. The Morgan fingerprint density at radius 1 is 1.04 bits per heavy atom. The predicted octanol–water partition coefficient (Wildman–Crippen LogP) is 4.26. The number of hydrogen-bond acceptors (Lipinski definition) is 4. The van der Waals surface area contributed by atoms with Gasteiger partial charge in [0.1, 0.15) is 5.82 Å². The van der Waals surface area contributed by atoms with Gasteiger partial charge in [0.2, 0.25) is 11.7 Å². The van der Waals surface area contributed by atoms with Gasteiger partial charge in [-0.3, -0.25) is 0 Å². The maximum Gasteiger partial charge on any atom is 0.229 e. The fourth-order valence-electron chi connectivity index (χ4n) is 2.93. The lowest BCUT2D eigenvalue weighted by molar-refractivity contribution is 0.104. The van der Waals surface area contributed by atoms with Crippen LogP contribution < -0.4 is 0 Å². The average Bonchev–Trinajstić information content (AvgIpc) is 3.28. The number of nitrogens with zero attached hydrogens (tertiary/aromatic N) is 2. The zero-order chi connectivity index (χ0) is 16.4. The molecule has 4 rings (SSSR count). The summed E-state index contributed by atoms with van der Waals surface area (Å²) >= 11 is 0. The van der Waals surface area contributed by atoms with Gasteiger partial charge in [0.15, 0.2) is 0 Å². The van der Waals surface area contributed by atoms with Crippen molar-refractivity contribution in [2.24, 2.45) is 0 Å².